The Morgan fingerprint density at radius 1 is 1.15 bits per heavy atom. The number of carboxylic acid groups (broad SMARTS) is 1. The van der Waals surface area contributed by atoms with E-state index in [2.05, 4.69) is 5.32 Å². The van der Waals surface area contributed by atoms with Crippen molar-refractivity contribution in [3.05, 3.63) is 29.8 Å². The Kier molecular flexibility index (Phi) is 5.08. The topological polar surface area (TPSA) is 90.0 Å². The molecule has 3 amide bonds. The van der Waals surface area contributed by atoms with Crippen molar-refractivity contribution in [2.45, 2.75) is 0 Å². The number of para-hydroxylation sites is 1. The summed E-state index contributed by atoms with van der Waals surface area (Å²) in [6, 6.07) is 5.60. The van der Waals surface area contributed by atoms with Crippen LogP contribution in [0, 0.1) is 0 Å². The molecule has 1 rings (SSSR count). The van der Waals surface area contributed by atoms with Gasteiger partial charge in [0.1, 0.15) is 0 Å². The van der Waals surface area contributed by atoms with E-state index in [1.165, 1.54) is 24.1 Å². The second kappa shape index (κ2) is 6.55. The third-order valence-corrected chi connectivity index (χ3v) is 2.69. The minimum absolute atomic E-state index is 0.0177. The molecule has 0 heterocycles. The maximum atomic E-state index is 11.9. The summed E-state index contributed by atoms with van der Waals surface area (Å²) in [5, 5.41) is 11.5. The van der Waals surface area contributed by atoms with E-state index in [0.717, 1.165) is 4.90 Å². The molecule has 0 aromatic heterocycles. The number of carboxylic acids is 1. The van der Waals surface area contributed by atoms with Gasteiger partial charge in [-0.1, -0.05) is 12.1 Å². The molecule has 2 N–H and O–H groups in total. The molecule has 1 aromatic rings. The van der Waals surface area contributed by atoms with Gasteiger partial charge in [0.25, 0.3) is 0 Å². The maximum absolute atomic E-state index is 11.9. The number of likely N-dealkylation sites (N-methyl/N-ethyl adjacent to an activating group) is 1. The van der Waals surface area contributed by atoms with Crippen LogP contribution in [0.1, 0.15) is 10.4 Å². The number of aromatic carboxylic acids is 1. The monoisotopic (exact) mass is 279 g/mol. The number of benzene rings is 1. The van der Waals surface area contributed by atoms with E-state index in [9.17, 15) is 14.4 Å². The molecule has 0 aliphatic rings. The highest BCUT2D eigenvalue weighted by Gasteiger charge is 2.18. The Morgan fingerprint density at radius 3 is 2.30 bits per heavy atom. The van der Waals surface area contributed by atoms with Gasteiger partial charge < -0.3 is 15.3 Å². The first-order valence-electron chi connectivity index (χ1n) is 5.88. The largest absolute Gasteiger partial charge is 0.478 e. The third-order valence-electron chi connectivity index (χ3n) is 2.69. The molecule has 0 atom stereocenters. The first-order chi connectivity index (χ1) is 9.34. The van der Waals surface area contributed by atoms with E-state index < -0.39 is 12.0 Å². The lowest BCUT2D eigenvalue weighted by Gasteiger charge is -2.20. The van der Waals surface area contributed by atoms with Crippen molar-refractivity contribution in [1.82, 2.24) is 10.2 Å². The number of hydrogen-bond donors (Lipinski definition) is 2. The van der Waals surface area contributed by atoms with E-state index in [4.69, 9.17) is 5.11 Å². The fourth-order valence-electron chi connectivity index (χ4n) is 1.48. The van der Waals surface area contributed by atoms with Gasteiger partial charge in [0.05, 0.1) is 17.8 Å². The average Bonchev–Trinajstić information content (AvgIpc) is 2.43. The lowest BCUT2D eigenvalue weighted by atomic mass is 10.1. The number of hydrogen-bond acceptors (Lipinski definition) is 3. The van der Waals surface area contributed by atoms with Gasteiger partial charge >= 0.3 is 12.0 Å². The van der Waals surface area contributed by atoms with Gasteiger partial charge in [-0.05, 0) is 12.1 Å². The van der Waals surface area contributed by atoms with Crippen LogP contribution in [0.15, 0.2) is 24.3 Å². The summed E-state index contributed by atoms with van der Waals surface area (Å²) < 4.78 is 0. The van der Waals surface area contributed by atoms with Gasteiger partial charge in [-0.2, -0.15) is 0 Å². The SMILES string of the molecule is CN(C)C(=O)CNC(=O)N(C)c1ccccc1C(=O)O. The molecule has 0 aliphatic carbocycles. The highest BCUT2D eigenvalue weighted by atomic mass is 16.4. The van der Waals surface area contributed by atoms with E-state index in [0.29, 0.717) is 0 Å². The zero-order chi connectivity index (χ0) is 15.3. The van der Waals surface area contributed by atoms with Crippen LogP contribution in [0.4, 0.5) is 10.5 Å². The van der Waals surface area contributed by atoms with Crippen LogP contribution < -0.4 is 10.2 Å². The quantitative estimate of drug-likeness (QED) is 0.845. The van der Waals surface area contributed by atoms with Crippen molar-refractivity contribution in [3.8, 4) is 0 Å². The number of anilines is 1. The lowest BCUT2D eigenvalue weighted by Crippen LogP contribution is -2.43. The highest BCUT2D eigenvalue weighted by molar-refractivity contribution is 6.01. The van der Waals surface area contributed by atoms with Crippen LogP contribution >= 0.6 is 0 Å². The molecule has 20 heavy (non-hydrogen) atoms. The molecule has 1 aromatic carbocycles. The fraction of sp³-hybridized carbons (Fsp3) is 0.308. The standard InChI is InChI=1S/C13H17N3O4/c1-15(2)11(17)8-14-13(20)16(3)10-7-5-4-6-9(10)12(18)19/h4-7H,8H2,1-3H3,(H,14,20)(H,18,19). The minimum Gasteiger partial charge on any atom is -0.478 e. The van der Waals surface area contributed by atoms with E-state index in [1.54, 1.807) is 26.2 Å². The number of urea groups is 1. The summed E-state index contributed by atoms with van der Waals surface area (Å²) in [7, 11) is 4.60. The molecular formula is C13H17N3O4. The number of amides is 3. The van der Waals surface area contributed by atoms with Gasteiger partial charge in [-0.3, -0.25) is 9.69 Å². The van der Waals surface area contributed by atoms with E-state index in [-0.39, 0.29) is 23.7 Å². The number of carbonyl (C=O) groups is 3. The molecular weight excluding hydrogens is 262 g/mol. The van der Waals surface area contributed by atoms with Crippen LogP contribution in [0.25, 0.3) is 0 Å². The second-order valence-electron chi connectivity index (χ2n) is 4.33. The first-order valence-corrected chi connectivity index (χ1v) is 5.88. The molecule has 0 saturated carbocycles. The zero-order valence-corrected chi connectivity index (χ0v) is 11.6. The van der Waals surface area contributed by atoms with Crippen molar-refractivity contribution < 1.29 is 19.5 Å². The summed E-state index contributed by atoms with van der Waals surface area (Å²) in [4.78, 5) is 36.9. The predicted molar refractivity (Wildman–Crippen MR) is 73.9 cm³/mol. The van der Waals surface area contributed by atoms with Crippen molar-refractivity contribution >= 4 is 23.6 Å². The Morgan fingerprint density at radius 2 is 1.75 bits per heavy atom. The van der Waals surface area contributed by atoms with E-state index >= 15 is 0 Å². The van der Waals surface area contributed by atoms with Gasteiger partial charge in [0.15, 0.2) is 0 Å². The first kappa shape index (κ1) is 15.5. The van der Waals surface area contributed by atoms with Gasteiger partial charge in [-0.15, -0.1) is 0 Å². The van der Waals surface area contributed by atoms with Crippen molar-refractivity contribution in [2.24, 2.45) is 0 Å². The van der Waals surface area contributed by atoms with E-state index in [1.807, 2.05) is 0 Å². The van der Waals surface area contributed by atoms with Crippen LogP contribution in [0.5, 0.6) is 0 Å². The number of rotatable bonds is 4. The summed E-state index contributed by atoms with van der Waals surface area (Å²) in [6.45, 7) is -0.147. The molecule has 0 unspecified atom stereocenters. The van der Waals surface area contributed by atoms with Crippen LogP contribution in [-0.4, -0.2) is 55.6 Å². The Labute approximate surface area is 116 Å². The molecule has 0 aliphatic heterocycles. The van der Waals surface area contributed by atoms with Crippen molar-refractivity contribution in [3.63, 3.8) is 0 Å². The smallest absolute Gasteiger partial charge is 0.337 e. The molecule has 7 nitrogen and oxygen atoms in total. The van der Waals surface area contributed by atoms with Gasteiger partial charge in [0, 0.05) is 21.1 Å². The highest BCUT2D eigenvalue weighted by Crippen LogP contribution is 2.18. The lowest BCUT2D eigenvalue weighted by molar-refractivity contribution is -0.127. The normalized spacial score (nSPS) is 9.75. The fourth-order valence-corrected chi connectivity index (χ4v) is 1.48. The van der Waals surface area contributed by atoms with Gasteiger partial charge in [-0.25, -0.2) is 9.59 Å². The molecule has 108 valence electrons. The third kappa shape index (κ3) is 3.71. The van der Waals surface area contributed by atoms with Crippen molar-refractivity contribution in [2.75, 3.05) is 32.6 Å². The zero-order valence-electron chi connectivity index (χ0n) is 11.6. The maximum Gasteiger partial charge on any atom is 0.337 e. The minimum atomic E-state index is -1.12. The summed E-state index contributed by atoms with van der Waals surface area (Å²) in [5.74, 6) is -1.37. The molecule has 7 heteroatoms. The Hall–Kier alpha value is -2.57. The van der Waals surface area contributed by atoms with Crippen LogP contribution in [0.3, 0.4) is 0 Å². The van der Waals surface area contributed by atoms with Gasteiger partial charge in [0.2, 0.25) is 5.91 Å². The van der Waals surface area contributed by atoms with Crippen molar-refractivity contribution in [1.29, 1.82) is 0 Å². The number of carbonyl (C=O) groups excluding carboxylic acids is 2. The molecule has 0 saturated heterocycles. The number of nitrogens with one attached hydrogen (secondary N) is 1. The van der Waals surface area contributed by atoms with Crippen LogP contribution in [0.2, 0.25) is 0 Å². The Bertz CT molecular complexity index is 528. The predicted octanol–water partition coefficient (Wildman–Crippen LogP) is 0.619. The molecule has 0 fully saturated rings. The molecule has 0 bridgehead atoms. The molecule has 0 radical (unpaired) electrons. The average molecular weight is 279 g/mol. The Balaban J connectivity index is 2.80. The second-order valence-corrected chi connectivity index (χ2v) is 4.33. The molecule has 0 spiro atoms. The summed E-state index contributed by atoms with van der Waals surface area (Å²) >= 11 is 0. The van der Waals surface area contributed by atoms with Crippen LogP contribution in [-0.2, 0) is 4.79 Å². The number of nitrogens with zero attached hydrogens (tertiary/aromatic N) is 2. The summed E-state index contributed by atoms with van der Waals surface area (Å²) in [5.41, 5.74) is 0.277. The summed E-state index contributed by atoms with van der Waals surface area (Å²) in [6.07, 6.45) is 0.